The summed E-state index contributed by atoms with van der Waals surface area (Å²) in [5.74, 6) is 0.544. The van der Waals surface area contributed by atoms with Crippen molar-refractivity contribution < 1.29 is 4.74 Å². The number of rotatable bonds is 7. The van der Waals surface area contributed by atoms with Gasteiger partial charge in [0.25, 0.3) is 0 Å². The Bertz CT molecular complexity index is 438. The van der Waals surface area contributed by atoms with Gasteiger partial charge < -0.3 is 10.1 Å². The first kappa shape index (κ1) is 17.9. The van der Waals surface area contributed by atoms with E-state index in [1.165, 1.54) is 16.7 Å². The molecule has 2 nitrogen and oxygen atoms in total. The van der Waals surface area contributed by atoms with Crippen molar-refractivity contribution in [2.75, 3.05) is 26.8 Å². The highest BCUT2D eigenvalue weighted by atomic mass is 16.5. The summed E-state index contributed by atoms with van der Waals surface area (Å²) in [5, 5.41) is 3.43. The van der Waals surface area contributed by atoms with Crippen LogP contribution < -0.4 is 5.32 Å². The van der Waals surface area contributed by atoms with E-state index in [0.29, 0.717) is 5.92 Å². The molecule has 0 amide bonds. The van der Waals surface area contributed by atoms with Gasteiger partial charge in [0, 0.05) is 20.2 Å². The van der Waals surface area contributed by atoms with Crippen LogP contribution in [0.4, 0.5) is 0 Å². The van der Waals surface area contributed by atoms with Gasteiger partial charge in [-0.1, -0.05) is 70.5 Å². The Morgan fingerprint density at radius 3 is 2.29 bits per heavy atom. The molecule has 0 saturated heterocycles. The lowest BCUT2D eigenvalue weighted by Gasteiger charge is -2.19. The quantitative estimate of drug-likeness (QED) is 0.757. The minimum Gasteiger partial charge on any atom is -0.383 e. The molecule has 1 rings (SSSR count). The Labute approximate surface area is 130 Å². The van der Waals surface area contributed by atoms with E-state index in [-0.39, 0.29) is 5.41 Å². The summed E-state index contributed by atoms with van der Waals surface area (Å²) in [4.78, 5) is 0. The van der Waals surface area contributed by atoms with Gasteiger partial charge in [-0.15, -0.1) is 0 Å². The summed E-state index contributed by atoms with van der Waals surface area (Å²) < 4.78 is 5.07. The zero-order valence-corrected chi connectivity index (χ0v) is 14.5. The lowest BCUT2D eigenvalue weighted by Crippen LogP contribution is -2.23. The average molecular weight is 289 g/mol. The third-order valence-electron chi connectivity index (χ3n) is 3.68. The van der Waals surface area contributed by atoms with E-state index in [2.05, 4.69) is 70.3 Å². The van der Waals surface area contributed by atoms with Crippen LogP contribution in [0.3, 0.4) is 0 Å². The summed E-state index contributed by atoms with van der Waals surface area (Å²) in [7, 11) is 1.73. The molecule has 0 aliphatic heterocycles. The van der Waals surface area contributed by atoms with E-state index in [0.717, 1.165) is 19.7 Å². The molecule has 0 radical (unpaired) electrons. The van der Waals surface area contributed by atoms with E-state index in [1.807, 2.05) is 0 Å². The minimum atomic E-state index is 0.213. The molecule has 1 aromatic carbocycles. The van der Waals surface area contributed by atoms with Crippen LogP contribution in [-0.4, -0.2) is 26.8 Å². The van der Waals surface area contributed by atoms with Crippen LogP contribution in [0.1, 0.15) is 45.7 Å². The maximum atomic E-state index is 5.07. The van der Waals surface area contributed by atoms with Crippen molar-refractivity contribution in [1.82, 2.24) is 5.32 Å². The molecule has 1 aromatic rings. The van der Waals surface area contributed by atoms with Crippen molar-refractivity contribution >= 4 is 6.08 Å². The number of hydrogen-bond acceptors (Lipinski definition) is 2. The van der Waals surface area contributed by atoms with Gasteiger partial charge in [-0.3, -0.25) is 0 Å². The van der Waals surface area contributed by atoms with E-state index in [9.17, 15) is 0 Å². The fourth-order valence-corrected chi connectivity index (χ4v) is 2.12. The Hall–Kier alpha value is -1.12. The lowest BCUT2D eigenvalue weighted by atomic mass is 9.86. The Morgan fingerprint density at radius 1 is 1.19 bits per heavy atom. The summed E-state index contributed by atoms with van der Waals surface area (Å²) >= 11 is 0. The predicted molar refractivity (Wildman–Crippen MR) is 92.7 cm³/mol. The Kier molecular flexibility index (Phi) is 7.13. The molecule has 118 valence electrons. The molecule has 21 heavy (non-hydrogen) atoms. The third-order valence-corrected chi connectivity index (χ3v) is 3.68. The summed E-state index contributed by atoms with van der Waals surface area (Å²) in [5.41, 5.74) is 4.30. The van der Waals surface area contributed by atoms with Crippen LogP contribution >= 0.6 is 0 Å². The number of nitrogens with one attached hydrogen (secondary N) is 1. The molecule has 0 aromatic heterocycles. The summed E-state index contributed by atoms with van der Waals surface area (Å²) in [6.45, 7) is 13.8. The second kappa shape index (κ2) is 8.35. The van der Waals surface area contributed by atoms with Crippen molar-refractivity contribution in [3.63, 3.8) is 0 Å². The van der Waals surface area contributed by atoms with E-state index < -0.39 is 0 Å². The molecule has 1 N–H and O–H groups in total. The smallest absolute Gasteiger partial charge is 0.0587 e. The average Bonchev–Trinajstić information content (AvgIpc) is 2.41. The van der Waals surface area contributed by atoms with E-state index >= 15 is 0 Å². The number of ether oxygens (including phenoxy) is 1. The van der Waals surface area contributed by atoms with Crippen LogP contribution in [0.2, 0.25) is 0 Å². The van der Waals surface area contributed by atoms with Crippen LogP contribution in [0.25, 0.3) is 6.08 Å². The molecule has 0 unspecified atom stereocenters. The number of methoxy groups -OCH3 is 1. The van der Waals surface area contributed by atoms with Crippen LogP contribution in [0.5, 0.6) is 0 Å². The fourth-order valence-electron chi connectivity index (χ4n) is 2.12. The van der Waals surface area contributed by atoms with Crippen molar-refractivity contribution in [3.05, 3.63) is 41.0 Å². The fraction of sp³-hybridized carbons (Fsp3) is 0.579. The van der Waals surface area contributed by atoms with Crippen molar-refractivity contribution in [1.29, 1.82) is 0 Å². The molecule has 0 bridgehead atoms. The Balaban J connectivity index is 2.76. The maximum absolute atomic E-state index is 5.07. The van der Waals surface area contributed by atoms with Gasteiger partial charge in [-0.25, -0.2) is 0 Å². The molecule has 0 heterocycles. The van der Waals surface area contributed by atoms with E-state index in [4.69, 9.17) is 4.74 Å². The third kappa shape index (κ3) is 6.45. The molecule has 2 heteroatoms. The van der Waals surface area contributed by atoms with Crippen LogP contribution in [-0.2, 0) is 10.2 Å². The van der Waals surface area contributed by atoms with Gasteiger partial charge in [0.15, 0.2) is 0 Å². The molecule has 0 atom stereocenters. The lowest BCUT2D eigenvalue weighted by molar-refractivity contribution is 0.200. The van der Waals surface area contributed by atoms with Gasteiger partial charge in [-0.05, 0) is 22.5 Å². The van der Waals surface area contributed by atoms with Crippen LogP contribution in [0, 0.1) is 5.92 Å². The van der Waals surface area contributed by atoms with Gasteiger partial charge >= 0.3 is 0 Å². The first-order chi connectivity index (χ1) is 9.84. The molecular formula is C19H31NO. The molecule has 0 saturated carbocycles. The molecule has 0 spiro atoms. The first-order valence-corrected chi connectivity index (χ1v) is 7.85. The normalized spacial score (nSPS) is 13.0. The summed E-state index contributed by atoms with van der Waals surface area (Å²) in [6, 6.07) is 8.92. The highest BCUT2D eigenvalue weighted by Gasteiger charge is 2.12. The number of benzene rings is 1. The zero-order chi connectivity index (χ0) is 15.9. The maximum Gasteiger partial charge on any atom is 0.0587 e. The number of hydrogen-bond donors (Lipinski definition) is 1. The van der Waals surface area contributed by atoms with E-state index in [1.54, 1.807) is 7.11 Å². The topological polar surface area (TPSA) is 21.3 Å². The first-order valence-electron chi connectivity index (χ1n) is 7.85. The second-order valence-corrected chi connectivity index (χ2v) is 6.92. The van der Waals surface area contributed by atoms with Gasteiger partial charge in [0.2, 0.25) is 0 Å². The van der Waals surface area contributed by atoms with Gasteiger partial charge in [-0.2, -0.15) is 0 Å². The molecule has 0 aliphatic rings. The SMILES string of the molecule is COCCNCC(=Cc1ccc(C(C)(C)C)cc1)C(C)C. The van der Waals surface area contributed by atoms with Gasteiger partial charge in [0.05, 0.1) is 6.61 Å². The van der Waals surface area contributed by atoms with Crippen LogP contribution in [0.15, 0.2) is 29.8 Å². The summed E-state index contributed by atoms with van der Waals surface area (Å²) in [6.07, 6.45) is 2.30. The Morgan fingerprint density at radius 2 is 1.81 bits per heavy atom. The monoisotopic (exact) mass is 289 g/mol. The largest absolute Gasteiger partial charge is 0.383 e. The molecular weight excluding hydrogens is 258 g/mol. The minimum absolute atomic E-state index is 0.213. The standard InChI is InChI=1S/C19H31NO/c1-15(2)17(14-20-11-12-21-6)13-16-7-9-18(10-8-16)19(3,4)5/h7-10,13,15,20H,11-12,14H2,1-6H3. The predicted octanol–water partition coefficient (Wildman–Crippen LogP) is 4.26. The van der Waals surface area contributed by atoms with Crippen molar-refractivity contribution in [3.8, 4) is 0 Å². The highest BCUT2D eigenvalue weighted by Crippen LogP contribution is 2.23. The van der Waals surface area contributed by atoms with Crippen molar-refractivity contribution in [2.45, 2.75) is 40.0 Å². The van der Waals surface area contributed by atoms with Crippen molar-refractivity contribution in [2.24, 2.45) is 5.92 Å². The zero-order valence-electron chi connectivity index (χ0n) is 14.5. The highest BCUT2D eigenvalue weighted by molar-refractivity contribution is 5.54. The van der Waals surface area contributed by atoms with Gasteiger partial charge in [0.1, 0.15) is 0 Å². The molecule has 0 aliphatic carbocycles. The molecule has 0 fully saturated rings. The second-order valence-electron chi connectivity index (χ2n) is 6.92.